The monoisotopic (exact) mass is 236 g/mol. The molecule has 1 N–H and O–H groups in total. The normalized spacial score (nSPS) is 10.5. The summed E-state index contributed by atoms with van der Waals surface area (Å²) in [6, 6.07) is 9.46. The molecule has 0 saturated heterocycles. The molecule has 4 nitrogen and oxygen atoms in total. The van der Waals surface area contributed by atoms with Crippen molar-refractivity contribution < 1.29 is 9.53 Å². The summed E-state index contributed by atoms with van der Waals surface area (Å²) >= 11 is 0. The number of para-hydroxylation sites is 1. The Kier molecular flexibility index (Phi) is 6.29. The van der Waals surface area contributed by atoms with E-state index in [9.17, 15) is 4.79 Å². The van der Waals surface area contributed by atoms with Crippen LogP contribution in [0.5, 0.6) is 0 Å². The lowest BCUT2D eigenvalue weighted by molar-refractivity contribution is -0.117. The Bertz CT molecular complexity index is 327. The van der Waals surface area contributed by atoms with Crippen molar-refractivity contribution in [2.45, 2.75) is 6.92 Å². The van der Waals surface area contributed by atoms with Crippen LogP contribution >= 0.6 is 0 Å². The van der Waals surface area contributed by atoms with Crippen LogP contribution in [0.3, 0.4) is 0 Å². The second kappa shape index (κ2) is 7.81. The standard InChI is InChI=1S/C13H20N2O2/c1-3-17-10-9-15(2)11-13(16)14-12-7-5-4-6-8-12/h4-8H,3,9-11H2,1-2H3,(H,14,16). The van der Waals surface area contributed by atoms with Crippen molar-refractivity contribution in [3.05, 3.63) is 30.3 Å². The van der Waals surface area contributed by atoms with Gasteiger partial charge in [-0.15, -0.1) is 0 Å². The smallest absolute Gasteiger partial charge is 0.238 e. The summed E-state index contributed by atoms with van der Waals surface area (Å²) in [6.07, 6.45) is 0. The number of hydrogen-bond acceptors (Lipinski definition) is 3. The van der Waals surface area contributed by atoms with E-state index >= 15 is 0 Å². The molecule has 0 fully saturated rings. The summed E-state index contributed by atoms with van der Waals surface area (Å²) in [5, 5.41) is 2.84. The third-order valence-corrected chi connectivity index (χ3v) is 2.29. The maximum atomic E-state index is 11.7. The van der Waals surface area contributed by atoms with Crippen molar-refractivity contribution in [3.63, 3.8) is 0 Å². The number of amides is 1. The molecule has 94 valence electrons. The van der Waals surface area contributed by atoms with E-state index in [0.29, 0.717) is 19.8 Å². The highest BCUT2D eigenvalue weighted by Crippen LogP contribution is 2.04. The van der Waals surface area contributed by atoms with Gasteiger partial charge in [-0.1, -0.05) is 18.2 Å². The summed E-state index contributed by atoms with van der Waals surface area (Å²) in [5.74, 6) is -0.00445. The highest BCUT2D eigenvalue weighted by molar-refractivity contribution is 5.92. The minimum absolute atomic E-state index is 0.00445. The third kappa shape index (κ3) is 6.04. The van der Waals surface area contributed by atoms with Gasteiger partial charge in [-0.3, -0.25) is 9.69 Å². The van der Waals surface area contributed by atoms with Gasteiger partial charge in [-0.05, 0) is 26.1 Å². The van der Waals surface area contributed by atoms with Crippen molar-refractivity contribution in [1.82, 2.24) is 4.90 Å². The van der Waals surface area contributed by atoms with Crippen molar-refractivity contribution in [1.29, 1.82) is 0 Å². The summed E-state index contributed by atoms with van der Waals surface area (Å²) in [5.41, 5.74) is 0.829. The lowest BCUT2D eigenvalue weighted by Gasteiger charge is -2.15. The fourth-order valence-electron chi connectivity index (χ4n) is 1.41. The minimum atomic E-state index is -0.00445. The first kappa shape index (κ1) is 13.7. The van der Waals surface area contributed by atoms with E-state index in [1.807, 2.05) is 49.2 Å². The largest absolute Gasteiger partial charge is 0.380 e. The molecule has 0 radical (unpaired) electrons. The van der Waals surface area contributed by atoms with Crippen molar-refractivity contribution in [3.8, 4) is 0 Å². The summed E-state index contributed by atoms with van der Waals surface area (Å²) in [7, 11) is 1.91. The molecule has 0 aliphatic heterocycles. The summed E-state index contributed by atoms with van der Waals surface area (Å²) < 4.78 is 5.23. The Morgan fingerprint density at radius 3 is 2.71 bits per heavy atom. The van der Waals surface area contributed by atoms with Crippen LogP contribution in [0.2, 0.25) is 0 Å². The first-order valence-electron chi connectivity index (χ1n) is 5.83. The average Bonchev–Trinajstić information content (AvgIpc) is 2.30. The molecule has 17 heavy (non-hydrogen) atoms. The van der Waals surface area contributed by atoms with Gasteiger partial charge in [0.25, 0.3) is 0 Å². The number of nitrogens with zero attached hydrogens (tertiary/aromatic N) is 1. The van der Waals surface area contributed by atoms with Crippen LogP contribution in [0.4, 0.5) is 5.69 Å². The van der Waals surface area contributed by atoms with E-state index in [2.05, 4.69) is 5.32 Å². The van der Waals surface area contributed by atoms with E-state index in [4.69, 9.17) is 4.74 Å². The molecule has 0 unspecified atom stereocenters. The molecule has 0 heterocycles. The topological polar surface area (TPSA) is 41.6 Å². The number of hydrogen-bond donors (Lipinski definition) is 1. The maximum absolute atomic E-state index is 11.7. The average molecular weight is 236 g/mol. The molecule has 4 heteroatoms. The number of ether oxygens (including phenoxy) is 1. The van der Waals surface area contributed by atoms with Crippen LogP contribution in [-0.4, -0.2) is 44.2 Å². The van der Waals surface area contributed by atoms with Crippen LogP contribution in [-0.2, 0) is 9.53 Å². The first-order valence-corrected chi connectivity index (χ1v) is 5.83. The Labute approximate surface area is 103 Å². The van der Waals surface area contributed by atoms with Gasteiger partial charge < -0.3 is 10.1 Å². The number of benzene rings is 1. The van der Waals surface area contributed by atoms with Gasteiger partial charge in [-0.25, -0.2) is 0 Å². The van der Waals surface area contributed by atoms with Gasteiger partial charge in [0.05, 0.1) is 13.2 Å². The van der Waals surface area contributed by atoms with Crippen molar-refractivity contribution in [2.24, 2.45) is 0 Å². The molecule has 0 atom stereocenters. The van der Waals surface area contributed by atoms with E-state index in [1.165, 1.54) is 0 Å². The van der Waals surface area contributed by atoms with Crippen LogP contribution in [0.25, 0.3) is 0 Å². The number of likely N-dealkylation sites (N-methyl/N-ethyl adjacent to an activating group) is 1. The first-order chi connectivity index (χ1) is 8.22. The van der Waals surface area contributed by atoms with Crippen LogP contribution in [0.15, 0.2) is 30.3 Å². The van der Waals surface area contributed by atoms with Crippen molar-refractivity contribution >= 4 is 11.6 Å². The molecule has 0 saturated carbocycles. The maximum Gasteiger partial charge on any atom is 0.238 e. The van der Waals surface area contributed by atoms with E-state index in [-0.39, 0.29) is 5.91 Å². The number of carbonyl (C=O) groups is 1. The highest BCUT2D eigenvalue weighted by Gasteiger charge is 2.06. The highest BCUT2D eigenvalue weighted by atomic mass is 16.5. The SMILES string of the molecule is CCOCCN(C)CC(=O)Nc1ccccc1. The summed E-state index contributed by atoms with van der Waals surface area (Å²) in [4.78, 5) is 13.6. The van der Waals surface area contributed by atoms with Gasteiger partial charge in [0.15, 0.2) is 0 Å². The zero-order valence-electron chi connectivity index (χ0n) is 10.5. The second-order valence-electron chi connectivity index (χ2n) is 3.85. The molecule has 0 aromatic heterocycles. The lowest BCUT2D eigenvalue weighted by Crippen LogP contribution is -2.32. The third-order valence-electron chi connectivity index (χ3n) is 2.29. The molecule has 1 rings (SSSR count). The zero-order chi connectivity index (χ0) is 12.5. The molecular formula is C13H20N2O2. The van der Waals surface area contributed by atoms with E-state index in [1.54, 1.807) is 0 Å². The molecule has 0 bridgehead atoms. The predicted octanol–water partition coefficient (Wildman–Crippen LogP) is 1.59. The molecule has 0 spiro atoms. The van der Waals surface area contributed by atoms with Gasteiger partial charge in [0.2, 0.25) is 5.91 Å². The van der Waals surface area contributed by atoms with Gasteiger partial charge >= 0.3 is 0 Å². The van der Waals surface area contributed by atoms with Gasteiger partial charge in [0, 0.05) is 18.8 Å². The van der Waals surface area contributed by atoms with Crippen LogP contribution < -0.4 is 5.32 Å². The minimum Gasteiger partial charge on any atom is -0.380 e. The van der Waals surface area contributed by atoms with Gasteiger partial charge in [-0.2, -0.15) is 0 Å². The number of anilines is 1. The zero-order valence-corrected chi connectivity index (χ0v) is 10.5. The molecule has 0 aliphatic carbocycles. The van der Waals surface area contributed by atoms with E-state index < -0.39 is 0 Å². The Balaban J connectivity index is 2.25. The number of carbonyl (C=O) groups excluding carboxylic acids is 1. The summed E-state index contributed by atoms with van der Waals surface area (Å²) in [6.45, 7) is 4.47. The molecule has 0 aliphatic rings. The fourth-order valence-corrected chi connectivity index (χ4v) is 1.41. The molecule has 1 aromatic rings. The van der Waals surface area contributed by atoms with Crippen molar-refractivity contribution in [2.75, 3.05) is 38.7 Å². The number of rotatable bonds is 7. The lowest BCUT2D eigenvalue weighted by atomic mass is 10.3. The Hall–Kier alpha value is -1.39. The number of nitrogens with one attached hydrogen (secondary N) is 1. The Morgan fingerprint density at radius 1 is 1.35 bits per heavy atom. The van der Waals surface area contributed by atoms with Crippen LogP contribution in [0.1, 0.15) is 6.92 Å². The van der Waals surface area contributed by atoms with Gasteiger partial charge in [0.1, 0.15) is 0 Å². The quantitative estimate of drug-likeness (QED) is 0.731. The molecule has 1 aromatic carbocycles. The molecule has 1 amide bonds. The fraction of sp³-hybridized carbons (Fsp3) is 0.462. The van der Waals surface area contributed by atoms with E-state index in [0.717, 1.165) is 12.2 Å². The predicted molar refractivity (Wildman–Crippen MR) is 69.1 cm³/mol. The second-order valence-corrected chi connectivity index (χ2v) is 3.85. The Morgan fingerprint density at radius 2 is 2.06 bits per heavy atom. The molecular weight excluding hydrogens is 216 g/mol. The van der Waals surface area contributed by atoms with Crippen LogP contribution in [0, 0.1) is 0 Å².